The molecule has 2 nitrogen and oxygen atoms in total. The van der Waals surface area contributed by atoms with Gasteiger partial charge in [-0.15, -0.1) is 11.3 Å². The highest BCUT2D eigenvalue weighted by Crippen LogP contribution is 2.23. The van der Waals surface area contributed by atoms with Gasteiger partial charge in [0, 0.05) is 4.47 Å². The normalized spacial score (nSPS) is 10.4. The number of rotatable bonds is 1. The molecule has 0 radical (unpaired) electrons. The molecule has 0 aliphatic carbocycles. The Morgan fingerprint density at radius 1 is 1.56 bits per heavy atom. The Hall–Kier alpha value is 0.130. The van der Waals surface area contributed by atoms with Crippen molar-refractivity contribution in [1.29, 1.82) is 0 Å². The van der Waals surface area contributed by atoms with Gasteiger partial charge in [-0.25, -0.2) is 8.42 Å². The second-order valence-corrected chi connectivity index (χ2v) is 4.37. The van der Waals surface area contributed by atoms with Crippen molar-refractivity contribution in [3.05, 3.63) is 15.9 Å². The lowest BCUT2D eigenvalue weighted by Gasteiger charge is -1.79. The molecular weight excluding hydrogens is 224 g/mol. The Labute approximate surface area is 66.6 Å². The second-order valence-electron chi connectivity index (χ2n) is 1.33. The maximum absolute atomic E-state index is 10.3. The number of thiol groups is 1. The fraction of sp³-hybridized carbons (Fsp3) is 0. The van der Waals surface area contributed by atoms with Crippen LogP contribution >= 0.6 is 27.3 Å². The standard InChI is InChI=1S/C4H3BrO2S2/c5-3-1-2-8-4(3)9(6)7/h1-2,9H. The van der Waals surface area contributed by atoms with Gasteiger partial charge in [0.05, 0.1) is 0 Å². The third-order valence-corrected chi connectivity index (χ3v) is 4.05. The summed E-state index contributed by atoms with van der Waals surface area (Å²) in [6.45, 7) is 0. The van der Waals surface area contributed by atoms with Crippen LogP contribution in [0, 0.1) is 0 Å². The topological polar surface area (TPSA) is 34.1 Å². The molecule has 1 rings (SSSR count). The summed E-state index contributed by atoms with van der Waals surface area (Å²) in [7, 11) is -2.41. The van der Waals surface area contributed by atoms with Crippen LogP contribution in [0.25, 0.3) is 0 Å². The van der Waals surface area contributed by atoms with Gasteiger partial charge < -0.3 is 0 Å². The summed E-state index contributed by atoms with van der Waals surface area (Å²) in [6.07, 6.45) is 0. The predicted octanol–water partition coefficient (Wildman–Crippen LogP) is 1.48. The molecule has 9 heavy (non-hydrogen) atoms. The third-order valence-electron chi connectivity index (χ3n) is 0.764. The van der Waals surface area contributed by atoms with Crippen LogP contribution in [0.5, 0.6) is 0 Å². The lowest BCUT2D eigenvalue weighted by Crippen LogP contribution is -1.70. The SMILES string of the molecule is O=[SH](=O)c1sccc1Br. The first-order valence-electron chi connectivity index (χ1n) is 2.09. The Morgan fingerprint density at radius 3 is 2.44 bits per heavy atom. The van der Waals surface area contributed by atoms with Crippen LogP contribution in [-0.2, 0) is 10.7 Å². The summed E-state index contributed by atoms with van der Waals surface area (Å²) >= 11 is 4.31. The van der Waals surface area contributed by atoms with E-state index in [1.807, 2.05) is 0 Å². The smallest absolute Gasteiger partial charge is 0.178 e. The Kier molecular flexibility index (Phi) is 2.26. The molecule has 1 aromatic rings. The van der Waals surface area contributed by atoms with E-state index in [0.717, 1.165) is 0 Å². The highest BCUT2D eigenvalue weighted by atomic mass is 79.9. The zero-order valence-electron chi connectivity index (χ0n) is 4.20. The maximum atomic E-state index is 10.3. The van der Waals surface area contributed by atoms with Crippen molar-refractivity contribution < 1.29 is 8.42 Å². The summed E-state index contributed by atoms with van der Waals surface area (Å²) in [5.41, 5.74) is 0. The first kappa shape index (κ1) is 7.24. The van der Waals surface area contributed by atoms with Gasteiger partial charge >= 0.3 is 0 Å². The van der Waals surface area contributed by atoms with E-state index in [-0.39, 0.29) is 0 Å². The summed E-state index contributed by atoms with van der Waals surface area (Å²) in [4.78, 5) is 0. The largest absolute Gasteiger partial charge is 0.226 e. The van der Waals surface area contributed by atoms with Crippen LogP contribution in [0.2, 0.25) is 0 Å². The molecule has 1 aromatic heterocycles. The number of thiophene rings is 1. The minimum Gasteiger partial charge on any atom is -0.226 e. The number of hydrogen-bond donors (Lipinski definition) is 1. The molecule has 0 atom stereocenters. The molecule has 0 saturated carbocycles. The summed E-state index contributed by atoms with van der Waals surface area (Å²) in [6, 6.07) is 1.71. The summed E-state index contributed by atoms with van der Waals surface area (Å²) in [5.74, 6) is 0. The molecule has 0 saturated heterocycles. The molecule has 0 fully saturated rings. The van der Waals surface area contributed by atoms with E-state index in [1.165, 1.54) is 11.3 Å². The Balaban J connectivity index is 3.23. The average molecular weight is 227 g/mol. The summed E-state index contributed by atoms with van der Waals surface area (Å²) < 4.78 is 21.7. The van der Waals surface area contributed by atoms with E-state index in [0.29, 0.717) is 8.68 Å². The van der Waals surface area contributed by atoms with E-state index >= 15 is 0 Å². The van der Waals surface area contributed by atoms with Gasteiger partial charge in [-0.1, -0.05) is 0 Å². The highest BCUT2D eigenvalue weighted by molar-refractivity contribution is 9.10. The van der Waals surface area contributed by atoms with E-state index in [2.05, 4.69) is 15.9 Å². The maximum Gasteiger partial charge on any atom is 0.178 e. The Morgan fingerprint density at radius 2 is 2.22 bits per heavy atom. The van der Waals surface area contributed by atoms with Crippen LogP contribution in [0.4, 0.5) is 0 Å². The summed E-state index contributed by atoms with van der Waals surface area (Å²) in [5, 5.41) is 1.73. The molecular formula is C4H3BrO2S2. The van der Waals surface area contributed by atoms with Crippen molar-refractivity contribution in [2.45, 2.75) is 4.21 Å². The van der Waals surface area contributed by atoms with Gasteiger partial charge in [-0.05, 0) is 27.4 Å². The first-order chi connectivity index (χ1) is 4.22. The van der Waals surface area contributed by atoms with Gasteiger partial charge in [0.15, 0.2) is 10.7 Å². The molecule has 0 aromatic carbocycles. The fourth-order valence-corrected chi connectivity index (χ4v) is 2.73. The van der Waals surface area contributed by atoms with Gasteiger partial charge in [-0.2, -0.15) is 0 Å². The monoisotopic (exact) mass is 226 g/mol. The van der Waals surface area contributed by atoms with Crippen LogP contribution < -0.4 is 0 Å². The van der Waals surface area contributed by atoms with Crippen LogP contribution in [-0.4, -0.2) is 8.42 Å². The first-order valence-corrected chi connectivity index (χ1v) is 4.94. The van der Waals surface area contributed by atoms with Crippen LogP contribution in [0.15, 0.2) is 20.1 Å². The van der Waals surface area contributed by atoms with Crippen molar-refractivity contribution in [1.82, 2.24) is 0 Å². The second kappa shape index (κ2) is 2.81. The zero-order valence-corrected chi connectivity index (χ0v) is 7.50. The molecule has 50 valence electrons. The van der Waals surface area contributed by atoms with E-state index < -0.39 is 10.7 Å². The fourth-order valence-electron chi connectivity index (χ4n) is 0.416. The molecule has 1 heterocycles. The quantitative estimate of drug-likeness (QED) is 0.737. The molecule has 0 aliphatic rings. The van der Waals surface area contributed by atoms with E-state index in [9.17, 15) is 8.42 Å². The zero-order chi connectivity index (χ0) is 6.85. The molecule has 0 spiro atoms. The third kappa shape index (κ3) is 1.53. The molecule has 0 amide bonds. The molecule has 0 bridgehead atoms. The minimum absolute atomic E-state index is 0.394. The van der Waals surface area contributed by atoms with Gasteiger partial charge in [-0.3, -0.25) is 0 Å². The van der Waals surface area contributed by atoms with E-state index in [1.54, 1.807) is 11.4 Å². The van der Waals surface area contributed by atoms with Crippen molar-refractivity contribution in [3.63, 3.8) is 0 Å². The minimum atomic E-state index is -2.41. The number of hydrogen-bond acceptors (Lipinski definition) is 3. The predicted molar refractivity (Wildman–Crippen MR) is 40.6 cm³/mol. The molecule has 0 N–H and O–H groups in total. The highest BCUT2D eigenvalue weighted by Gasteiger charge is 2.00. The van der Waals surface area contributed by atoms with E-state index in [4.69, 9.17) is 0 Å². The lowest BCUT2D eigenvalue weighted by molar-refractivity contribution is 0.616. The van der Waals surface area contributed by atoms with Crippen molar-refractivity contribution in [2.24, 2.45) is 0 Å². The molecule has 5 heteroatoms. The molecule has 0 unspecified atom stereocenters. The van der Waals surface area contributed by atoms with Crippen molar-refractivity contribution >= 4 is 38.0 Å². The van der Waals surface area contributed by atoms with Crippen molar-refractivity contribution in [3.8, 4) is 0 Å². The van der Waals surface area contributed by atoms with Gasteiger partial charge in [0.2, 0.25) is 0 Å². The van der Waals surface area contributed by atoms with Crippen molar-refractivity contribution in [2.75, 3.05) is 0 Å². The van der Waals surface area contributed by atoms with Gasteiger partial charge in [0.25, 0.3) is 0 Å². The Bertz CT molecular complexity index is 268. The number of halogens is 1. The van der Waals surface area contributed by atoms with Crippen LogP contribution in [0.3, 0.4) is 0 Å². The van der Waals surface area contributed by atoms with Gasteiger partial charge in [0.1, 0.15) is 4.21 Å². The lowest BCUT2D eigenvalue weighted by atomic mass is 10.7. The average Bonchev–Trinajstić information content (AvgIpc) is 2.13. The molecule has 0 aliphatic heterocycles. The van der Waals surface area contributed by atoms with Crippen LogP contribution in [0.1, 0.15) is 0 Å².